The third kappa shape index (κ3) is 2.80. The highest BCUT2D eigenvalue weighted by molar-refractivity contribution is 5.70. The first-order chi connectivity index (χ1) is 10.8. The maximum atomic E-state index is 5.81. The molecule has 2 fully saturated rings. The molecule has 4 rings (SSSR count). The van der Waals surface area contributed by atoms with Gasteiger partial charge in [0.1, 0.15) is 0 Å². The van der Waals surface area contributed by atoms with Crippen molar-refractivity contribution in [2.75, 3.05) is 31.2 Å². The van der Waals surface area contributed by atoms with E-state index in [2.05, 4.69) is 35.2 Å². The van der Waals surface area contributed by atoms with Crippen molar-refractivity contribution in [3.05, 3.63) is 35.9 Å². The number of piperidine rings is 1. The Labute approximate surface area is 132 Å². The van der Waals surface area contributed by atoms with E-state index < -0.39 is 0 Å². The number of rotatable bonds is 2. The number of anilines is 1. The molecule has 1 aliphatic carbocycles. The molecule has 0 aromatic heterocycles. The summed E-state index contributed by atoms with van der Waals surface area (Å²) < 4.78 is 11.6. The summed E-state index contributed by atoms with van der Waals surface area (Å²) in [5, 5.41) is 0. The Hall–Kier alpha value is -1.32. The van der Waals surface area contributed by atoms with Crippen LogP contribution in [0.4, 0.5) is 5.69 Å². The number of benzene rings is 1. The molecule has 0 unspecified atom stereocenters. The van der Waals surface area contributed by atoms with Crippen LogP contribution in [-0.2, 0) is 9.47 Å². The van der Waals surface area contributed by atoms with E-state index in [0.717, 1.165) is 32.5 Å². The number of allylic oxidation sites excluding steroid dienone is 1. The molecule has 2 aliphatic heterocycles. The summed E-state index contributed by atoms with van der Waals surface area (Å²) in [7, 11) is 0. The van der Waals surface area contributed by atoms with E-state index in [-0.39, 0.29) is 5.79 Å². The lowest BCUT2D eigenvalue weighted by molar-refractivity contribution is -0.159. The fraction of sp³-hybridized carbons (Fsp3) is 0.579. The van der Waals surface area contributed by atoms with Crippen LogP contribution in [0, 0.1) is 0 Å². The van der Waals surface area contributed by atoms with Gasteiger partial charge in [-0.2, -0.15) is 0 Å². The monoisotopic (exact) mass is 299 g/mol. The van der Waals surface area contributed by atoms with Gasteiger partial charge in [0.25, 0.3) is 0 Å². The highest BCUT2D eigenvalue weighted by Gasteiger charge is 2.37. The Morgan fingerprint density at radius 3 is 2.55 bits per heavy atom. The summed E-state index contributed by atoms with van der Waals surface area (Å²) in [4.78, 5) is 2.53. The molecule has 1 aromatic carbocycles. The van der Waals surface area contributed by atoms with Crippen molar-refractivity contribution in [3.8, 4) is 0 Å². The van der Waals surface area contributed by atoms with E-state index >= 15 is 0 Å². The predicted molar refractivity (Wildman–Crippen MR) is 89.0 cm³/mol. The molecule has 118 valence electrons. The standard InChI is InChI=1S/C19H25NO2/c1-2-11-20(12-3-1)18-6-4-5-17(15-18)16-7-9-19(10-8-16)21-13-14-22-19/h4-7,15H,1-3,8-14H2. The molecule has 0 radical (unpaired) electrons. The van der Waals surface area contributed by atoms with Crippen LogP contribution in [0.3, 0.4) is 0 Å². The molecule has 2 heterocycles. The van der Waals surface area contributed by atoms with Crippen molar-refractivity contribution in [2.45, 2.75) is 44.3 Å². The molecule has 0 N–H and O–H groups in total. The van der Waals surface area contributed by atoms with Gasteiger partial charge in [0.2, 0.25) is 0 Å². The molecule has 3 nitrogen and oxygen atoms in total. The van der Waals surface area contributed by atoms with Crippen LogP contribution in [0.25, 0.3) is 5.57 Å². The Morgan fingerprint density at radius 1 is 1.00 bits per heavy atom. The molecule has 0 bridgehead atoms. The molecule has 0 saturated carbocycles. The van der Waals surface area contributed by atoms with Gasteiger partial charge in [0, 0.05) is 31.6 Å². The SMILES string of the molecule is C1=C(c2cccc(N3CCCCC3)c2)CCC2(C1)OCCO2. The van der Waals surface area contributed by atoms with Gasteiger partial charge in [-0.3, -0.25) is 0 Å². The van der Waals surface area contributed by atoms with Crippen molar-refractivity contribution in [1.29, 1.82) is 0 Å². The Kier molecular flexibility index (Phi) is 3.93. The molecule has 3 aliphatic rings. The summed E-state index contributed by atoms with van der Waals surface area (Å²) in [6, 6.07) is 9.06. The normalized spacial score (nSPS) is 24.5. The van der Waals surface area contributed by atoms with Gasteiger partial charge in [-0.25, -0.2) is 0 Å². The van der Waals surface area contributed by atoms with Crippen LogP contribution in [0.1, 0.15) is 44.1 Å². The number of hydrogen-bond donors (Lipinski definition) is 0. The van der Waals surface area contributed by atoms with Gasteiger partial charge in [-0.1, -0.05) is 18.2 Å². The fourth-order valence-corrected chi connectivity index (χ4v) is 3.88. The number of hydrogen-bond acceptors (Lipinski definition) is 3. The first-order valence-electron chi connectivity index (χ1n) is 8.67. The lowest BCUT2D eigenvalue weighted by Gasteiger charge is -2.32. The average molecular weight is 299 g/mol. The Morgan fingerprint density at radius 2 is 1.82 bits per heavy atom. The molecular weight excluding hydrogens is 274 g/mol. The van der Waals surface area contributed by atoms with Crippen LogP contribution in [0.2, 0.25) is 0 Å². The number of ether oxygens (including phenoxy) is 2. The smallest absolute Gasteiger partial charge is 0.172 e. The van der Waals surface area contributed by atoms with Crippen LogP contribution in [0.15, 0.2) is 30.3 Å². The zero-order valence-electron chi connectivity index (χ0n) is 13.2. The van der Waals surface area contributed by atoms with Gasteiger partial charge in [0.15, 0.2) is 5.79 Å². The van der Waals surface area contributed by atoms with Crippen molar-refractivity contribution < 1.29 is 9.47 Å². The van der Waals surface area contributed by atoms with E-state index in [4.69, 9.17) is 9.47 Å². The van der Waals surface area contributed by atoms with E-state index in [0.29, 0.717) is 0 Å². The van der Waals surface area contributed by atoms with E-state index in [1.165, 1.54) is 49.2 Å². The lowest BCUT2D eigenvalue weighted by Crippen LogP contribution is -2.31. The van der Waals surface area contributed by atoms with E-state index in [1.807, 2.05) is 0 Å². The van der Waals surface area contributed by atoms with Gasteiger partial charge in [0.05, 0.1) is 13.2 Å². The fourth-order valence-electron chi connectivity index (χ4n) is 3.88. The van der Waals surface area contributed by atoms with Gasteiger partial charge < -0.3 is 14.4 Å². The lowest BCUT2D eigenvalue weighted by atomic mass is 9.89. The second-order valence-electron chi connectivity index (χ2n) is 6.64. The highest BCUT2D eigenvalue weighted by Crippen LogP contribution is 2.38. The summed E-state index contributed by atoms with van der Waals surface area (Å²) >= 11 is 0. The van der Waals surface area contributed by atoms with Crippen molar-refractivity contribution in [3.63, 3.8) is 0 Å². The highest BCUT2D eigenvalue weighted by atomic mass is 16.7. The van der Waals surface area contributed by atoms with E-state index in [9.17, 15) is 0 Å². The number of nitrogens with zero attached hydrogens (tertiary/aromatic N) is 1. The first kappa shape index (κ1) is 14.3. The quantitative estimate of drug-likeness (QED) is 0.824. The second kappa shape index (κ2) is 6.05. The summed E-state index contributed by atoms with van der Waals surface area (Å²) in [5.74, 6) is -0.312. The van der Waals surface area contributed by atoms with Gasteiger partial charge in [-0.05, 0) is 49.0 Å². The van der Waals surface area contributed by atoms with Crippen molar-refractivity contribution >= 4 is 11.3 Å². The molecule has 0 atom stereocenters. The first-order valence-corrected chi connectivity index (χ1v) is 8.67. The summed E-state index contributed by atoms with van der Waals surface area (Å²) in [5.41, 5.74) is 4.20. The molecule has 1 spiro atoms. The second-order valence-corrected chi connectivity index (χ2v) is 6.64. The maximum Gasteiger partial charge on any atom is 0.172 e. The van der Waals surface area contributed by atoms with E-state index in [1.54, 1.807) is 0 Å². The molecule has 2 saturated heterocycles. The zero-order valence-corrected chi connectivity index (χ0v) is 13.2. The molecule has 22 heavy (non-hydrogen) atoms. The Bertz CT molecular complexity index is 554. The average Bonchev–Trinajstić information content (AvgIpc) is 3.05. The van der Waals surface area contributed by atoms with Crippen LogP contribution in [-0.4, -0.2) is 32.1 Å². The predicted octanol–water partition coefficient (Wildman–Crippen LogP) is 3.99. The topological polar surface area (TPSA) is 21.7 Å². The molecule has 3 heteroatoms. The van der Waals surface area contributed by atoms with Crippen LogP contribution in [0.5, 0.6) is 0 Å². The largest absolute Gasteiger partial charge is 0.372 e. The maximum absolute atomic E-state index is 5.81. The minimum Gasteiger partial charge on any atom is -0.372 e. The van der Waals surface area contributed by atoms with Crippen molar-refractivity contribution in [1.82, 2.24) is 0 Å². The Balaban J connectivity index is 1.52. The minimum atomic E-state index is -0.312. The minimum absolute atomic E-state index is 0.312. The third-order valence-electron chi connectivity index (χ3n) is 5.19. The molecular formula is C19H25NO2. The van der Waals surface area contributed by atoms with Crippen LogP contribution >= 0.6 is 0 Å². The molecule has 1 aromatic rings. The van der Waals surface area contributed by atoms with Gasteiger partial charge >= 0.3 is 0 Å². The van der Waals surface area contributed by atoms with Gasteiger partial charge in [-0.15, -0.1) is 0 Å². The summed E-state index contributed by atoms with van der Waals surface area (Å²) in [6.07, 6.45) is 9.26. The molecule has 0 amide bonds. The zero-order chi connectivity index (χ0) is 14.8. The van der Waals surface area contributed by atoms with Crippen molar-refractivity contribution in [2.24, 2.45) is 0 Å². The summed E-state index contributed by atoms with van der Waals surface area (Å²) in [6.45, 7) is 3.89. The van der Waals surface area contributed by atoms with Crippen LogP contribution < -0.4 is 4.90 Å². The third-order valence-corrected chi connectivity index (χ3v) is 5.19.